The molecule has 0 unspecified atom stereocenters. The monoisotopic (exact) mass is 596 g/mol. The minimum Gasteiger partial charge on any atom is -0.501 e. The molecule has 0 radical (unpaired) electrons. The molecular weight excluding hydrogens is 567 g/mol. The fourth-order valence-electron chi connectivity index (χ4n) is 3.16. The van der Waals surface area contributed by atoms with Gasteiger partial charge in [-0.05, 0) is 67.5 Å². The van der Waals surface area contributed by atoms with E-state index in [2.05, 4.69) is 10.0 Å². The van der Waals surface area contributed by atoms with Gasteiger partial charge in [0.1, 0.15) is 4.90 Å². The number of anilines is 1. The number of sulfonamides is 1. The highest BCUT2D eigenvalue weighted by Gasteiger charge is 2.21. The number of nitrogens with one attached hydrogen (secondary N) is 2. The first-order chi connectivity index (χ1) is 18.5. The highest BCUT2D eigenvalue weighted by atomic mass is 35.5. The van der Waals surface area contributed by atoms with Crippen LogP contribution in [0.2, 0.25) is 10.0 Å². The zero-order valence-electron chi connectivity index (χ0n) is 21.7. The Hall–Kier alpha value is -3.47. The van der Waals surface area contributed by atoms with Gasteiger partial charge in [-0.3, -0.25) is 14.3 Å². The predicted molar refractivity (Wildman–Crippen MR) is 152 cm³/mol. The van der Waals surface area contributed by atoms with Crippen molar-refractivity contribution in [2.45, 2.75) is 38.0 Å². The summed E-state index contributed by atoms with van der Waals surface area (Å²) in [5.41, 5.74) is 0.643. The molecule has 0 spiro atoms. The number of rotatable bonds is 14. The molecule has 0 saturated carbocycles. The summed E-state index contributed by atoms with van der Waals surface area (Å²) in [5.74, 6) is -0.804. The molecule has 2 aromatic carbocycles. The van der Waals surface area contributed by atoms with Crippen LogP contribution < -0.4 is 14.8 Å². The van der Waals surface area contributed by atoms with E-state index in [4.69, 9.17) is 37.8 Å². The van der Waals surface area contributed by atoms with Gasteiger partial charge in [-0.25, -0.2) is 8.42 Å². The van der Waals surface area contributed by atoms with Gasteiger partial charge in [0.15, 0.2) is 5.75 Å². The maximum absolute atomic E-state index is 13.1. The first kappa shape index (κ1) is 31.7. The molecule has 39 heavy (non-hydrogen) atoms. The van der Waals surface area contributed by atoms with E-state index in [1.165, 1.54) is 61.9 Å². The van der Waals surface area contributed by atoms with Crippen molar-refractivity contribution in [3.05, 3.63) is 87.8 Å². The molecule has 0 aliphatic carbocycles. The Labute approximate surface area is 238 Å². The minimum atomic E-state index is -4.20. The van der Waals surface area contributed by atoms with Crippen LogP contribution in [0.25, 0.3) is 0 Å². The molecule has 0 saturated heterocycles. The topological polar surface area (TPSA) is 131 Å². The Morgan fingerprint density at radius 3 is 2.51 bits per heavy atom. The Morgan fingerprint density at radius 1 is 1.13 bits per heavy atom. The second-order valence-corrected chi connectivity index (χ2v) is 10.7. The highest BCUT2D eigenvalue weighted by Crippen LogP contribution is 2.31. The van der Waals surface area contributed by atoms with Crippen molar-refractivity contribution in [3.63, 3.8) is 0 Å². The number of hydrogen-bond acceptors (Lipinski definition) is 6. The van der Waals surface area contributed by atoms with Gasteiger partial charge in [0, 0.05) is 17.1 Å². The average molecular weight is 598 g/mol. The summed E-state index contributed by atoms with van der Waals surface area (Å²) in [6.45, 7) is 4.15. The Morgan fingerprint density at radius 2 is 1.87 bits per heavy atom. The zero-order valence-corrected chi connectivity index (χ0v) is 24.0. The first-order valence-electron chi connectivity index (χ1n) is 11.8. The molecule has 3 N–H and O–H groups in total. The summed E-state index contributed by atoms with van der Waals surface area (Å²) in [6.07, 6.45) is 7.24. The molecular formula is C27H30Cl2N2O7S. The molecule has 9 nitrogen and oxygen atoms in total. The molecule has 1 amide bonds. The lowest BCUT2D eigenvalue weighted by molar-refractivity contribution is -0.136. The second kappa shape index (κ2) is 15.2. The van der Waals surface area contributed by atoms with Crippen molar-refractivity contribution in [3.8, 4) is 5.75 Å². The van der Waals surface area contributed by atoms with E-state index in [0.717, 1.165) is 12.8 Å². The number of benzene rings is 2. The molecule has 0 atom stereocenters. The standard InChI is InChI=1S/C27H30Cl2N2O7S/c1-4-5-12-30-27(34)20-8-10-24(38-13-6-7-19(15-26(32)33)14-18(2)37-3)23(16-20)31-39(35,36)25-11-9-21(28)17-22(25)29/h6-11,13-14,16-17,31H,4-5,12,15H2,1-3H3,(H,30,34)(H,32,33)/b13-6+,18-14+,19-7+. The summed E-state index contributed by atoms with van der Waals surface area (Å²) in [5, 5.41) is 12.1. The van der Waals surface area contributed by atoms with E-state index in [9.17, 15) is 18.0 Å². The molecule has 0 heterocycles. The number of carboxylic acids is 1. The van der Waals surface area contributed by atoms with Crippen LogP contribution in [-0.4, -0.2) is 39.1 Å². The quantitative estimate of drug-likeness (QED) is 0.135. The number of unbranched alkanes of at least 4 members (excludes halogenated alkanes) is 1. The third-order valence-corrected chi connectivity index (χ3v) is 7.22. The lowest BCUT2D eigenvalue weighted by Gasteiger charge is -2.14. The first-order valence-corrected chi connectivity index (χ1v) is 14.1. The number of allylic oxidation sites excluding steroid dienone is 4. The summed E-state index contributed by atoms with van der Waals surface area (Å²) in [6, 6.07) is 8.24. The summed E-state index contributed by atoms with van der Waals surface area (Å²) < 4.78 is 39.4. The van der Waals surface area contributed by atoms with Gasteiger partial charge in [0.25, 0.3) is 15.9 Å². The fraction of sp³-hybridized carbons (Fsp3) is 0.259. The van der Waals surface area contributed by atoms with Crippen molar-refractivity contribution in [1.29, 1.82) is 0 Å². The predicted octanol–water partition coefficient (Wildman–Crippen LogP) is 6.17. The molecule has 0 aromatic heterocycles. The summed E-state index contributed by atoms with van der Waals surface area (Å²) in [4.78, 5) is 23.5. The Balaban J connectivity index is 2.41. The Bertz CT molecular complexity index is 1390. The fourth-order valence-corrected chi connectivity index (χ4v) is 4.99. The van der Waals surface area contributed by atoms with E-state index in [1.54, 1.807) is 13.0 Å². The smallest absolute Gasteiger partial charge is 0.307 e. The van der Waals surface area contributed by atoms with E-state index in [1.807, 2.05) is 6.92 Å². The number of carbonyl (C=O) groups excluding carboxylic acids is 1. The molecule has 0 fully saturated rings. The van der Waals surface area contributed by atoms with E-state index < -0.39 is 16.0 Å². The number of methoxy groups -OCH3 is 1. The number of carboxylic acid groups (broad SMARTS) is 1. The third kappa shape index (κ3) is 10.3. The molecule has 12 heteroatoms. The van der Waals surface area contributed by atoms with E-state index in [0.29, 0.717) is 17.9 Å². The summed E-state index contributed by atoms with van der Waals surface area (Å²) in [7, 11) is -2.73. The van der Waals surface area contributed by atoms with Crippen molar-refractivity contribution < 1.29 is 32.6 Å². The average Bonchev–Trinajstić information content (AvgIpc) is 2.86. The number of amides is 1. The normalized spacial score (nSPS) is 12.3. The van der Waals surface area contributed by atoms with E-state index >= 15 is 0 Å². The van der Waals surface area contributed by atoms with Crippen LogP contribution in [0.1, 0.15) is 43.5 Å². The van der Waals surface area contributed by atoms with Crippen molar-refractivity contribution in [2.24, 2.45) is 0 Å². The SMILES string of the molecule is CCCCNC(=O)c1ccc(O/C=C/C=C(\C=C(/C)OC)CC(=O)O)c(NS(=O)(=O)c2ccc(Cl)cc2Cl)c1. The van der Waals surface area contributed by atoms with Crippen LogP contribution in [0.5, 0.6) is 5.75 Å². The van der Waals surface area contributed by atoms with Gasteiger partial charge >= 0.3 is 5.97 Å². The maximum atomic E-state index is 13.1. The van der Waals surface area contributed by atoms with Crippen molar-refractivity contribution in [1.82, 2.24) is 5.32 Å². The molecule has 210 valence electrons. The number of halogens is 2. The van der Waals surface area contributed by atoms with Crippen LogP contribution in [-0.2, 0) is 19.6 Å². The van der Waals surface area contributed by atoms with Crippen molar-refractivity contribution in [2.75, 3.05) is 18.4 Å². The van der Waals surface area contributed by atoms with Crippen LogP contribution in [0.4, 0.5) is 5.69 Å². The molecule has 0 bridgehead atoms. The molecule has 0 aliphatic rings. The van der Waals surface area contributed by atoms with Crippen molar-refractivity contribution >= 4 is 50.8 Å². The molecule has 0 aliphatic heterocycles. The molecule has 2 rings (SSSR count). The van der Waals surface area contributed by atoms with Gasteiger partial charge in [0.2, 0.25) is 0 Å². The number of hydrogen-bond donors (Lipinski definition) is 3. The van der Waals surface area contributed by atoms with Gasteiger partial charge in [-0.2, -0.15) is 0 Å². The van der Waals surface area contributed by atoms with Gasteiger partial charge in [-0.15, -0.1) is 0 Å². The number of carbonyl (C=O) groups is 2. The van der Waals surface area contributed by atoms with Crippen LogP contribution in [0.3, 0.4) is 0 Å². The highest BCUT2D eigenvalue weighted by molar-refractivity contribution is 7.92. The molecule has 2 aromatic rings. The van der Waals surface area contributed by atoms with E-state index in [-0.39, 0.29) is 44.3 Å². The maximum Gasteiger partial charge on any atom is 0.307 e. The lowest BCUT2D eigenvalue weighted by atomic mass is 10.1. The largest absolute Gasteiger partial charge is 0.501 e. The van der Waals surface area contributed by atoms with Crippen LogP contribution in [0.15, 0.2) is 77.1 Å². The summed E-state index contributed by atoms with van der Waals surface area (Å²) >= 11 is 12.0. The van der Waals surface area contributed by atoms with Gasteiger partial charge < -0.3 is 19.9 Å². The third-order valence-electron chi connectivity index (χ3n) is 5.14. The van der Waals surface area contributed by atoms with Crippen LogP contribution in [0, 0.1) is 0 Å². The van der Waals surface area contributed by atoms with Crippen LogP contribution >= 0.6 is 23.2 Å². The minimum absolute atomic E-state index is 0.0151. The Kier molecular flexibility index (Phi) is 12.4. The number of aliphatic carboxylic acids is 1. The zero-order chi connectivity index (χ0) is 29.0. The van der Waals surface area contributed by atoms with Gasteiger partial charge in [0.05, 0.1) is 36.3 Å². The lowest BCUT2D eigenvalue weighted by Crippen LogP contribution is -2.24. The number of ether oxygens (including phenoxy) is 2. The van der Waals surface area contributed by atoms with Gasteiger partial charge in [-0.1, -0.05) is 42.6 Å². The second-order valence-electron chi connectivity index (χ2n) is 8.22.